The third-order valence-corrected chi connectivity index (χ3v) is 6.55. The standard InChI is InChI=1S/C26H33N5O/c1-18-8-4-5-9-19(18)17-31(26(27)32)21-14-12-20(13-15-21)28-25-16-24(30(2)3)22-10-6-7-11-23(22)29-25/h4-11,16,20-21H,12-15,17H2,1-3H3,(H2,27,32)(H,28,29)/t20-,21+. The van der Waals surface area contributed by atoms with Crippen molar-refractivity contribution in [3.8, 4) is 0 Å². The monoisotopic (exact) mass is 431 g/mol. The van der Waals surface area contributed by atoms with Crippen molar-refractivity contribution in [1.29, 1.82) is 0 Å². The highest BCUT2D eigenvalue weighted by atomic mass is 16.2. The lowest BCUT2D eigenvalue weighted by atomic mass is 9.89. The zero-order valence-corrected chi connectivity index (χ0v) is 19.2. The highest BCUT2D eigenvalue weighted by Crippen LogP contribution is 2.30. The molecule has 1 saturated carbocycles. The number of anilines is 2. The normalized spacial score (nSPS) is 18.3. The van der Waals surface area contributed by atoms with Gasteiger partial charge < -0.3 is 20.9 Å². The number of aryl methyl sites for hydroxylation is 1. The Labute approximate surface area is 190 Å². The molecule has 6 nitrogen and oxygen atoms in total. The van der Waals surface area contributed by atoms with Gasteiger partial charge in [-0.2, -0.15) is 0 Å². The third-order valence-electron chi connectivity index (χ3n) is 6.55. The second kappa shape index (κ2) is 9.47. The van der Waals surface area contributed by atoms with Gasteiger partial charge in [-0.3, -0.25) is 0 Å². The Morgan fingerprint density at radius 2 is 1.75 bits per heavy atom. The van der Waals surface area contributed by atoms with Crippen LogP contribution in [0, 0.1) is 6.92 Å². The number of primary amides is 1. The van der Waals surface area contributed by atoms with Gasteiger partial charge in [0.25, 0.3) is 0 Å². The van der Waals surface area contributed by atoms with Crippen LogP contribution in [0.1, 0.15) is 36.8 Å². The van der Waals surface area contributed by atoms with Gasteiger partial charge in [0.1, 0.15) is 5.82 Å². The van der Waals surface area contributed by atoms with Crippen molar-refractivity contribution in [2.24, 2.45) is 5.73 Å². The van der Waals surface area contributed by atoms with E-state index in [-0.39, 0.29) is 12.1 Å². The van der Waals surface area contributed by atoms with Gasteiger partial charge in [0, 0.05) is 49.9 Å². The lowest BCUT2D eigenvalue weighted by Crippen LogP contribution is -2.46. The molecule has 1 aliphatic carbocycles. The topological polar surface area (TPSA) is 74.5 Å². The summed E-state index contributed by atoms with van der Waals surface area (Å²) in [6.07, 6.45) is 3.82. The van der Waals surface area contributed by atoms with Gasteiger partial charge in [0.15, 0.2) is 0 Å². The van der Waals surface area contributed by atoms with E-state index in [9.17, 15) is 4.79 Å². The van der Waals surface area contributed by atoms with Crippen molar-refractivity contribution in [1.82, 2.24) is 9.88 Å². The van der Waals surface area contributed by atoms with E-state index in [0.717, 1.165) is 53.7 Å². The maximum absolute atomic E-state index is 12.2. The van der Waals surface area contributed by atoms with E-state index in [1.807, 2.05) is 29.2 Å². The predicted molar refractivity (Wildman–Crippen MR) is 132 cm³/mol. The largest absolute Gasteiger partial charge is 0.377 e. The molecule has 0 unspecified atom stereocenters. The molecule has 1 heterocycles. The van der Waals surface area contributed by atoms with Gasteiger partial charge in [0.2, 0.25) is 0 Å². The fourth-order valence-electron chi connectivity index (χ4n) is 4.70. The molecule has 0 atom stereocenters. The average molecular weight is 432 g/mol. The Morgan fingerprint density at radius 3 is 2.44 bits per heavy atom. The number of nitrogens with one attached hydrogen (secondary N) is 1. The van der Waals surface area contributed by atoms with Crippen LogP contribution in [0.25, 0.3) is 10.9 Å². The smallest absolute Gasteiger partial charge is 0.315 e. The Hall–Kier alpha value is -3.28. The number of fused-ring (bicyclic) bond motifs is 1. The van der Waals surface area contributed by atoms with E-state index in [1.165, 1.54) is 5.56 Å². The first-order chi connectivity index (χ1) is 15.4. The number of hydrogen-bond acceptors (Lipinski definition) is 4. The molecule has 3 N–H and O–H groups in total. The molecular weight excluding hydrogens is 398 g/mol. The van der Waals surface area contributed by atoms with Crippen LogP contribution in [-0.4, -0.2) is 42.1 Å². The molecule has 0 aliphatic heterocycles. The summed E-state index contributed by atoms with van der Waals surface area (Å²) in [7, 11) is 4.12. The van der Waals surface area contributed by atoms with Gasteiger partial charge in [0.05, 0.1) is 5.52 Å². The number of para-hydroxylation sites is 1. The molecule has 4 rings (SSSR count). The van der Waals surface area contributed by atoms with Gasteiger partial charge in [-0.25, -0.2) is 9.78 Å². The summed E-state index contributed by atoms with van der Waals surface area (Å²) in [4.78, 5) is 21.0. The first-order valence-corrected chi connectivity index (χ1v) is 11.4. The lowest BCUT2D eigenvalue weighted by Gasteiger charge is -2.36. The van der Waals surface area contributed by atoms with Crippen molar-refractivity contribution in [2.45, 2.75) is 51.2 Å². The first kappa shape index (κ1) is 21.9. The summed E-state index contributed by atoms with van der Waals surface area (Å²) in [5.41, 5.74) is 10.3. The molecule has 168 valence electrons. The van der Waals surface area contributed by atoms with Gasteiger partial charge >= 0.3 is 6.03 Å². The molecule has 32 heavy (non-hydrogen) atoms. The molecule has 1 fully saturated rings. The summed E-state index contributed by atoms with van der Waals surface area (Å²) < 4.78 is 0. The van der Waals surface area contributed by atoms with Crippen LogP contribution >= 0.6 is 0 Å². The Bertz CT molecular complexity index is 1090. The molecular formula is C26H33N5O. The number of amides is 2. The first-order valence-electron chi connectivity index (χ1n) is 11.4. The minimum absolute atomic E-state index is 0.173. The molecule has 2 aromatic carbocycles. The van der Waals surface area contributed by atoms with Gasteiger partial charge in [-0.05, 0) is 49.8 Å². The number of aromatic nitrogens is 1. The molecule has 0 saturated heterocycles. The summed E-state index contributed by atoms with van der Waals surface area (Å²) in [5.74, 6) is 0.905. The zero-order chi connectivity index (χ0) is 22.7. The number of carbonyl (C=O) groups excluding carboxylic acids is 1. The van der Waals surface area contributed by atoms with Crippen molar-refractivity contribution in [2.75, 3.05) is 24.3 Å². The van der Waals surface area contributed by atoms with Crippen LogP contribution in [0.3, 0.4) is 0 Å². The fourth-order valence-corrected chi connectivity index (χ4v) is 4.70. The molecule has 6 heteroatoms. The maximum Gasteiger partial charge on any atom is 0.315 e. The number of benzene rings is 2. The minimum Gasteiger partial charge on any atom is -0.377 e. The third kappa shape index (κ3) is 4.79. The van der Waals surface area contributed by atoms with E-state index in [4.69, 9.17) is 10.7 Å². The van der Waals surface area contributed by atoms with E-state index < -0.39 is 0 Å². The number of nitrogens with zero attached hydrogens (tertiary/aromatic N) is 3. The number of pyridine rings is 1. The van der Waals surface area contributed by atoms with Gasteiger partial charge in [-0.1, -0.05) is 42.5 Å². The fraction of sp³-hybridized carbons (Fsp3) is 0.385. The van der Waals surface area contributed by atoms with Gasteiger partial charge in [-0.15, -0.1) is 0 Å². The summed E-state index contributed by atoms with van der Waals surface area (Å²) >= 11 is 0. The summed E-state index contributed by atoms with van der Waals surface area (Å²) in [5, 5.41) is 4.80. The molecule has 2 amide bonds. The van der Waals surface area contributed by atoms with Crippen molar-refractivity contribution < 1.29 is 4.79 Å². The highest BCUT2D eigenvalue weighted by Gasteiger charge is 2.28. The molecule has 1 aliphatic rings. The van der Waals surface area contributed by atoms with Crippen LogP contribution in [0.5, 0.6) is 0 Å². The number of nitrogens with two attached hydrogens (primary N) is 1. The highest BCUT2D eigenvalue weighted by molar-refractivity contribution is 5.93. The average Bonchev–Trinajstić information content (AvgIpc) is 2.78. The maximum atomic E-state index is 12.2. The quantitative estimate of drug-likeness (QED) is 0.581. The second-order valence-electron chi connectivity index (χ2n) is 8.98. The Morgan fingerprint density at radius 1 is 1.06 bits per heavy atom. The minimum atomic E-state index is -0.337. The van der Waals surface area contributed by atoms with Crippen LogP contribution in [0.4, 0.5) is 16.3 Å². The summed E-state index contributed by atoms with van der Waals surface area (Å²) in [6, 6.07) is 18.7. The lowest BCUT2D eigenvalue weighted by molar-refractivity contribution is 0.156. The summed E-state index contributed by atoms with van der Waals surface area (Å²) in [6.45, 7) is 2.65. The van der Waals surface area contributed by atoms with Crippen LogP contribution in [-0.2, 0) is 6.54 Å². The molecule has 0 radical (unpaired) electrons. The second-order valence-corrected chi connectivity index (χ2v) is 8.98. The number of hydrogen-bond donors (Lipinski definition) is 2. The molecule has 0 bridgehead atoms. The Kier molecular flexibility index (Phi) is 6.49. The van der Waals surface area contributed by atoms with Crippen LogP contribution in [0.2, 0.25) is 0 Å². The number of rotatable bonds is 6. The van der Waals surface area contributed by atoms with E-state index in [2.05, 4.69) is 61.6 Å². The van der Waals surface area contributed by atoms with Crippen LogP contribution in [0.15, 0.2) is 54.6 Å². The van der Waals surface area contributed by atoms with Crippen molar-refractivity contribution in [3.63, 3.8) is 0 Å². The Balaban J connectivity index is 1.43. The molecule has 0 spiro atoms. The number of carbonyl (C=O) groups is 1. The zero-order valence-electron chi connectivity index (χ0n) is 19.2. The number of urea groups is 1. The molecule has 3 aromatic rings. The molecule has 1 aromatic heterocycles. The van der Waals surface area contributed by atoms with Crippen molar-refractivity contribution in [3.05, 3.63) is 65.7 Å². The predicted octanol–water partition coefficient (Wildman–Crippen LogP) is 4.91. The van der Waals surface area contributed by atoms with Crippen molar-refractivity contribution >= 4 is 28.4 Å². The van der Waals surface area contributed by atoms with E-state index in [1.54, 1.807) is 0 Å². The van der Waals surface area contributed by atoms with Crippen LogP contribution < -0.4 is 16.0 Å². The SMILES string of the molecule is Cc1ccccc1CN(C(N)=O)[C@H]1CC[C@@H](Nc2cc(N(C)C)c3ccccc3n2)CC1. The van der Waals surface area contributed by atoms with E-state index >= 15 is 0 Å². The van der Waals surface area contributed by atoms with E-state index in [0.29, 0.717) is 12.6 Å².